The number of carbonyl (C=O) groups is 1. The second-order valence-corrected chi connectivity index (χ2v) is 8.59. The van der Waals surface area contributed by atoms with E-state index in [0.717, 1.165) is 18.8 Å². The van der Waals surface area contributed by atoms with E-state index in [-0.39, 0.29) is 12.3 Å². The second-order valence-electron chi connectivity index (χ2n) is 8.59. The minimum atomic E-state index is -0.672. The van der Waals surface area contributed by atoms with Gasteiger partial charge in [0.05, 0.1) is 0 Å². The second kappa shape index (κ2) is 5.78. The molecule has 2 aliphatic carbocycles. The Hall–Kier alpha value is -0.790. The lowest BCUT2D eigenvalue weighted by molar-refractivity contribution is -0.138. The van der Waals surface area contributed by atoms with Gasteiger partial charge in [0.2, 0.25) is 0 Å². The summed E-state index contributed by atoms with van der Waals surface area (Å²) in [6.07, 6.45) is 7.60. The van der Waals surface area contributed by atoms with Crippen molar-refractivity contribution in [3.8, 4) is 0 Å². The smallest absolute Gasteiger partial charge is 0.303 e. The Morgan fingerprint density at radius 1 is 1.38 bits per heavy atom. The van der Waals surface area contributed by atoms with Crippen LogP contribution in [0.15, 0.2) is 12.2 Å². The lowest BCUT2D eigenvalue weighted by Crippen LogP contribution is -2.49. The zero-order valence-corrected chi connectivity index (χ0v) is 14.2. The number of hydrogen-bond donors (Lipinski definition) is 1. The molecular formula is C19H32O2. The molecule has 1 N–H and O–H groups in total. The third kappa shape index (κ3) is 3.19. The molecule has 0 aromatic carbocycles. The summed E-state index contributed by atoms with van der Waals surface area (Å²) in [4.78, 5) is 11.0. The van der Waals surface area contributed by atoms with Crippen molar-refractivity contribution in [3.63, 3.8) is 0 Å². The number of carboxylic acid groups (broad SMARTS) is 1. The summed E-state index contributed by atoms with van der Waals surface area (Å²) in [5, 5.41) is 9.04. The van der Waals surface area contributed by atoms with Crippen LogP contribution in [-0.2, 0) is 4.79 Å². The van der Waals surface area contributed by atoms with Crippen molar-refractivity contribution in [2.24, 2.45) is 28.6 Å². The molecule has 0 unspecified atom stereocenters. The molecule has 2 rings (SSSR count). The highest BCUT2D eigenvalue weighted by atomic mass is 16.4. The fourth-order valence-electron chi connectivity index (χ4n) is 5.49. The molecule has 2 nitrogen and oxygen atoms in total. The highest BCUT2D eigenvalue weighted by molar-refractivity contribution is 5.66. The van der Waals surface area contributed by atoms with Crippen molar-refractivity contribution in [2.45, 2.75) is 72.6 Å². The molecule has 0 aromatic rings. The zero-order valence-electron chi connectivity index (χ0n) is 14.2. The number of fused-ring (bicyclic) bond motifs is 1. The quantitative estimate of drug-likeness (QED) is 0.715. The maximum atomic E-state index is 11.0. The molecule has 0 heterocycles. The molecule has 2 saturated carbocycles. The van der Waals surface area contributed by atoms with E-state index in [9.17, 15) is 4.79 Å². The van der Waals surface area contributed by atoms with Crippen molar-refractivity contribution in [3.05, 3.63) is 12.2 Å². The zero-order chi connectivity index (χ0) is 15.8. The standard InChI is InChI=1S/C19H32O2/c1-13(12-17(20)21)11-15-14(2)7-8-16-18(3,4)9-6-10-19(15,16)5/h13,15-16H,2,6-12H2,1,3-5H3,(H,20,21)/t13-,15-,16-,19+/m0/s1. The lowest BCUT2D eigenvalue weighted by Gasteiger charge is -2.58. The van der Waals surface area contributed by atoms with E-state index in [2.05, 4.69) is 34.3 Å². The molecule has 0 bridgehead atoms. The highest BCUT2D eigenvalue weighted by Gasteiger charge is 2.52. The van der Waals surface area contributed by atoms with Gasteiger partial charge in [0.15, 0.2) is 0 Å². The molecule has 0 aliphatic heterocycles. The Balaban J connectivity index is 2.21. The molecule has 120 valence electrons. The monoisotopic (exact) mass is 292 g/mol. The van der Waals surface area contributed by atoms with Gasteiger partial charge in [-0.2, -0.15) is 0 Å². The Morgan fingerprint density at radius 3 is 2.67 bits per heavy atom. The van der Waals surface area contributed by atoms with E-state index in [4.69, 9.17) is 5.11 Å². The fourth-order valence-corrected chi connectivity index (χ4v) is 5.49. The summed E-state index contributed by atoms with van der Waals surface area (Å²) in [6.45, 7) is 13.8. The first-order chi connectivity index (χ1) is 9.67. The van der Waals surface area contributed by atoms with E-state index < -0.39 is 5.97 Å². The Morgan fingerprint density at radius 2 is 2.05 bits per heavy atom. The molecule has 0 radical (unpaired) electrons. The average Bonchev–Trinajstić information content (AvgIpc) is 2.32. The number of carboxylic acids is 1. The summed E-state index contributed by atoms with van der Waals surface area (Å²) in [6, 6.07) is 0. The summed E-state index contributed by atoms with van der Waals surface area (Å²) >= 11 is 0. The Kier molecular flexibility index (Phi) is 4.56. The largest absolute Gasteiger partial charge is 0.481 e. The first-order valence-corrected chi connectivity index (χ1v) is 8.56. The van der Waals surface area contributed by atoms with E-state index in [1.807, 2.05) is 0 Å². The fraction of sp³-hybridized carbons (Fsp3) is 0.842. The van der Waals surface area contributed by atoms with Crippen molar-refractivity contribution in [2.75, 3.05) is 0 Å². The van der Waals surface area contributed by atoms with Crippen LogP contribution in [0.4, 0.5) is 0 Å². The van der Waals surface area contributed by atoms with Crippen LogP contribution in [0.2, 0.25) is 0 Å². The van der Waals surface area contributed by atoms with Crippen LogP contribution in [-0.4, -0.2) is 11.1 Å². The predicted octanol–water partition coefficient (Wildman–Crippen LogP) is 5.29. The Labute approximate surface area is 130 Å². The number of rotatable bonds is 4. The molecule has 0 amide bonds. The molecular weight excluding hydrogens is 260 g/mol. The van der Waals surface area contributed by atoms with Crippen LogP contribution in [0, 0.1) is 28.6 Å². The molecule has 2 aliphatic rings. The third-order valence-electron chi connectivity index (χ3n) is 6.48. The van der Waals surface area contributed by atoms with Gasteiger partial charge in [0, 0.05) is 6.42 Å². The molecule has 2 heteroatoms. The molecule has 21 heavy (non-hydrogen) atoms. The van der Waals surface area contributed by atoms with E-state index in [0.29, 0.717) is 16.7 Å². The Bertz CT molecular complexity index is 423. The van der Waals surface area contributed by atoms with Gasteiger partial charge >= 0.3 is 5.97 Å². The van der Waals surface area contributed by atoms with Crippen LogP contribution in [0.25, 0.3) is 0 Å². The van der Waals surface area contributed by atoms with Crippen LogP contribution in [0.3, 0.4) is 0 Å². The van der Waals surface area contributed by atoms with Crippen molar-refractivity contribution in [1.82, 2.24) is 0 Å². The van der Waals surface area contributed by atoms with Crippen LogP contribution >= 0.6 is 0 Å². The molecule has 0 spiro atoms. The lowest BCUT2D eigenvalue weighted by atomic mass is 9.47. The summed E-state index contributed by atoms with van der Waals surface area (Å²) < 4.78 is 0. The number of hydrogen-bond acceptors (Lipinski definition) is 1. The summed E-state index contributed by atoms with van der Waals surface area (Å²) in [5.41, 5.74) is 2.12. The first kappa shape index (κ1) is 16.6. The summed E-state index contributed by atoms with van der Waals surface area (Å²) in [5.74, 6) is 0.830. The normalized spacial score (nSPS) is 36.9. The van der Waals surface area contributed by atoms with Gasteiger partial charge in [0.25, 0.3) is 0 Å². The van der Waals surface area contributed by atoms with Crippen LogP contribution < -0.4 is 0 Å². The topological polar surface area (TPSA) is 37.3 Å². The van der Waals surface area contributed by atoms with E-state index in [1.54, 1.807) is 0 Å². The third-order valence-corrected chi connectivity index (χ3v) is 6.48. The number of allylic oxidation sites excluding steroid dienone is 1. The van der Waals surface area contributed by atoms with Crippen LogP contribution in [0.5, 0.6) is 0 Å². The number of aliphatic carboxylic acids is 1. The highest BCUT2D eigenvalue weighted by Crippen LogP contribution is 2.61. The van der Waals surface area contributed by atoms with Gasteiger partial charge in [-0.25, -0.2) is 0 Å². The van der Waals surface area contributed by atoms with Gasteiger partial charge in [-0.05, 0) is 60.7 Å². The van der Waals surface area contributed by atoms with Crippen molar-refractivity contribution in [1.29, 1.82) is 0 Å². The van der Waals surface area contributed by atoms with E-state index >= 15 is 0 Å². The van der Waals surface area contributed by atoms with Crippen molar-refractivity contribution >= 4 is 5.97 Å². The minimum Gasteiger partial charge on any atom is -0.481 e. The molecule has 0 aromatic heterocycles. The van der Waals surface area contributed by atoms with Crippen LogP contribution in [0.1, 0.15) is 72.6 Å². The molecule has 0 saturated heterocycles. The van der Waals surface area contributed by atoms with Gasteiger partial charge < -0.3 is 5.11 Å². The maximum absolute atomic E-state index is 11.0. The van der Waals surface area contributed by atoms with Crippen molar-refractivity contribution < 1.29 is 9.90 Å². The summed E-state index contributed by atoms with van der Waals surface area (Å²) in [7, 11) is 0. The first-order valence-electron chi connectivity index (χ1n) is 8.56. The van der Waals surface area contributed by atoms with Gasteiger partial charge in [-0.1, -0.05) is 46.3 Å². The SMILES string of the molecule is C=C1CC[C@H]2C(C)(C)CCC[C@]2(C)[C@H]1C[C@H](C)CC(=O)O. The van der Waals surface area contributed by atoms with Gasteiger partial charge in [-0.15, -0.1) is 0 Å². The van der Waals surface area contributed by atoms with E-state index in [1.165, 1.54) is 31.3 Å². The maximum Gasteiger partial charge on any atom is 0.303 e. The minimum absolute atomic E-state index is 0.241. The predicted molar refractivity (Wildman–Crippen MR) is 87.1 cm³/mol. The average molecular weight is 292 g/mol. The van der Waals surface area contributed by atoms with Gasteiger partial charge in [-0.3, -0.25) is 4.79 Å². The van der Waals surface area contributed by atoms with Gasteiger partial charge in [0.1, 0.15) is 0 Å². The molecule has 2 fully saturated rings. The molecule has 4 atom stereocenters.